The predicted molar refractivity (Wildman–Crippen MR) is 80.5 cm³/mol. The van der Waals surface area contributed by atoms with E-state index < -0.39 is 0 Å². The average molecular weight is 302 g/mol. The van der Waals surface area contributed by atoms with Crippen LogP contribution in [0.25, 0.3) is 0 Å². The van der Waals surface area contributed by atoms with Gasteiger partial charge in [0.2, 0.25) is 0 Å². The van der Waals surface area contributed by atoms with Gasteiger partial charge in [0.05, 0.1) is 18.8 Å². The van der Waals surface area contributed by atoms with Crippen molar-refractivity contribution in [3.05, 3.63) is 30.1 Å². The quantitative estimate of drug-likeness (QED) is 0.852. The van der Waals surface area contributed by atoms with Gasteiger partial charge >= 0.3 is 0 Å². The molecule has 1 aromatic rings. The molecule has 5 heteroatoms. The highest BCUT2D eigenvalue weighted by Gasteiger charge is 2.45. The minimum absolute atomic E-state index is 0.0360. The summed E-state index contributed by atoms with van der Waals surface area (Å²) in [6.45, 7) is 2.06. The Morgan fingerprint density at radius 3 is 2.86 bits per heavy atom. The number of nitrogens with zero attached hydrogens (tertiary/aromatic N) is 2. The smallest absolute Gasteiger partial charge is 0.254 e. The topological polar surface area (TPSA) is 51.7 Å². The van der Waals surface area contributed by atoms with Crippen molar-refractivity contribution < 1.29 is 14.3 Å². The third kappa shape index (κ3) is 2.75. The van der Waals surface area contributed by atoms with Crippen LogP contribution < -0.4 is 0 Å². The highest BCUT2D eigenvalue weighted by atomic mass is 16.5. The monoisotopic (exact) mass is 302 g/mol. The highest BCUT2D eigenvalue weighted by molar-refractivity contribution is 5.94. The number of hydrogen-bond donors (Lipinski definition) is 0. The van der Waals surface area contributed by atoms with Crippen molar-refractivity contribution in [1.29, 1.82) is 0 Å². The lowest BCUT2D eigenvalue weighted by Crippen LogP contribution is -2.46. The van der Waals surface area contributed by atoms with Crippen molar-refractivity contribution in [2.45, 2.75) is 43.9 Å². The molecule has 118 valence electrons. The van der Waals surface area contributed by atoms with Crippen LogP contribution in [0.5, 0.6) is 0 Å². The Morgan fingerprint density at radius 2 is 2.09 bits per heavy atom. The molecule has 1 saturated heterocycles. The molecule has 1 aromatic heterocycles. The molecule has 22 heavy (non-hydrogen) atoms. The van der Waals surface area contributed by atoms with Crippen molar-refractivity contribution in [2.24, 2.45) is 5.92 Å². The van der Waals surface area contributed by atoms with E-state index in [-0.39, 0.29) is 24.2 Å². The van der Waals surface area contributed by atoms with E-state index in [1.807, 2.05) is 4.90 Å². The Balaban J connectivity index is 1.52. The summed E-state index contributed by atoms with van der Waals surface area (Å²) in [5.41, 5.74) is 0.696. The van der Waals surface area contributed by atoms with E-state index >= 15 is 0 Å². The molecule has 3 fully saturated rings. The van der Waals surface area contributed by atoms with Gasteiger partial charge in [-0.05, 0) is 43.7 Å². The van der Waals surface area contributed by atoms with E-state index in [1.165, 1.54) is 12.8 Å². The zero-order chi connectivity index (χ0) is 14.9. The first kappa shape index (κ1) is 14.2. The number of amides is 1. The Morgan fingerprint density at radius 1 is 1.27 bits per heavy atom. The summed E-state index contributed by atoms with van der Waals surface area (Å²) in [6, 6.07) is 3.70. The predicted octanol–water partition coefficient (Wildman–Crippen LogP) is 1.88. The number of carbonyl (C=O) groups is 1. The molecule has 0 aromatic carbocycles. The van der Waals surface area contributed by atoms with Crippen molar-refractivity contribution in [2.75, 3.05) is 19.8 Å². The molecule has 3 aliphatic rings. The number of fused-ring (bicyclic) bond motifs is 2. The minimum atomic E-state index is 0.0360. The van der Waals surface area contributed by atoms with Crippen LogP contribution in [0, 0.1) is 5.92 Å². The van der Waals surface area contributed by atoms with Crippen LogP contribution in [-0.2, 0) is 9.47 Å². The first-order valence-electron chi connectivity index (χ1n) is 8.27. The molecule has 5 nitrogen and oxygen atoms in total. The normalized spacial score (nSPS) is 31.1. The van der Waals surface area contributed by atoms with Gasteiger partial charge in [0.1, 0.15) is 6.10 Å². The maximum absolute atomic E-state index is 12.8. The van der Waals surface area contributed by atoms with E-state index in [1.54, 1.807) is 24.5 Å². The van der Waals surface area contributed by atoms with Gasteiger partial charge in [-0.25, -0.2) is 0 Å². The lowest BCUT2D eigenvalue weighted by Gasteiger charge is -2.31. The fraction of sp³-hybridized carbons (Fsp3) is 0.647. The van der Waals surface area contributed by atoms with Gasteiger partial charge in [-0.3, -0.25) is 9.78 Å². The average Bonchev–Trinajstić information content (AvgIpc) is 3.30. The van der Waals surface area contributed by atoms with Gasteiger partial charge in [0.25, 0.3) is 5.91 Å². The lowest BCUT2D eigenvalue weighted by atomic mass is 10.1. The molecule has 4 rings (SSSR count). The standard InChI is InChI=1S/C17H22N2O3/c20-17(13-5-7-18-8-6-13)19-9-10-21-15-4-3-14(19)16(15)22-11-12-1-2-12/h5-8,12,14-16H,1-4,9-11H2/t14-,15-,16-/m0/s1. The van der Waals surface area contributed by atoms with E-state index in [0.717, 1.165) is 25.4 Å². The number of hydrogen-bond acceptors (Lipinski definition) is 4. The van der Waals surface area contributed by atoms with Crippen LogP contribution in [0.1, 0.15) is 36.0 Å². The van der Waals surface area contributed by atoms with Crippen LogP contribution in [0.3, 0.4) is 0 Å². The fourth-order valence-corrected chi connectivity index (χ4v) is 3.55. The van der Waals surface area contributed by atoms with Crippen LogP contribution in [0.4, 0.5) is 0 Å². The molecule has 0 spiro atoms. The molecule has 2 saturated carbocycles. The van der Waals surface area contributed by atoms with Gasteiger partial charge in [-0.1, -0.05) is 0 Å². The molecule has 0 unspecified atom stereocenters. The maximum Gasteiger partial charge on any atom is 0.254 e. The van der Waals surface area contributed by atoms with Crippen molar-refractivity contribution >= 4 is 5.91 Å². The van der Waals surface area contributed by atoms with Crippen molar-refractivity contribution in [1.82, 2.24) is 9.88 Å². The molecule has 1 aliphatic heterocycles. The summed E-state index contributed by atoms with van der Waals surface area (Å²) in [6.07, 6.45) is 8.04. The Kier molecular flexibility index (Phi) is 3.84. The van der Waals surface area contributed by atoms with Gasteiger partial charge in [-0.15, -0.1) is 0 Å². The van der Waals surface area contributed by atoms with Crippen LogP contribution >= 0.6 is 0 Å². The lowest BCUT2D eigenvalue weighted by molar-refractivity contribution is -0.0556. The number of ether oxygens (including phenoxy) is 2. The first-order valence-corrected chi connectivity index (χ1v) is 8.27. The molecule has 2 bridgehead atoms. The van der Waals surface area contributed by atoms with E-state index in [2.05, 4.69) is 4.98 Å². The minimum Gasteiger partial charge on any atom is -0.374 e. The second-order valence-corrected chi connectivity index (χ2v) is 6.53. The fourth-order valence-electron chi connectivity index (χ4n) is 3.55. The number of carbonyl (C=O) groups excluding carboxylic acids is 1. The van der Waals surface area contributed by atoms with Gasteiger partial charge in [-0.2, -0.15) is 0 Å². The van der Waals surface area contributed by atoms with E-state index in [4.69, 9.17) is 9.47 Å². The Bertz CT molecular complexity index is 532. The molecule has 1 amide bonds. The van der Waals surface area contributed by atoms with E-state index in [9.17, 15) is 4.79 Å². The summed E-state index contributed by atoms with van der Waals surface area (Å²) in [5, 5.41) is 0. The van der Waals surface area contributed by atoms with Crippen LogP contribution in [0.15, 0.2) is 24.5 Å². The largest absolute Gasteiger partial charge is 0.374 e. The second-order valence-electron chi connectivity index (χ2n) is 6.53. The Hall–Kier alpha value is -1.46. The van der Waals surface area contributed by atoms with Crippen molar-refractivity contribution in [3.8, 4) is 0 Å². The Labute approximate surface area is 130 Å². The van der Waals surface area contributed by atoms with Crippen LogP contribution in [-0.4, -0.2) is 53.8 Å². The van der Waals surface area contributed by atoms with Gasteiger partial charge < -0.3 is 14.4 Å². The highest BCUT2D eigenvalue weighted by Crippen LogP contribution is 2.35. The van der Waals surface area contributed by atoms with E-state index in [0.29, 0.717) is 18.7 Å². The molecule has 0 radical (unpaired) electrons. The summed E-state index contributed by atoms with van der Waals surface area (Å²) in [7, 11) is 0. The zero-order valence-corrected chi connectivity index (χ0v) is 12.7. The SMILES string of the molecule is O=C(c1ccncc1)N1CCO[C@H]2CC[C@H]1[C@@H]2OCC1CC1. The van der Waals surface area contributed by atoms with Gasteiger partial charge in [0.15, 0.2) is 0 Å². The molecular weight excluding hydrogens is 280 g/mol. The van der Waals surface area contributed by atoms with Crippen molar-refractivity contribution in [3.63, 3.8) is 0 Å². The molecule has 0 N–H and O–H groups in total. The second kappa shape index (κ2) is 5.97. The number of aromatic nitrogens is 1. The summed E-state index contributed by atoms with van der Waals surface area (Å²) in [4.78, 5) is 18.8. The number of pyridine rings is 1. The first-order chi connectivity index (χ1) is 10.8. The summed E-state index contributed by atoms with van der Waals surface area (Å²) >= 11 is 0. The third-order valence-electron chi connectivity index (χ3n) is 4.97. The third-order valence-corrected chi connectivity index (χ3v) is 4.97. The molecule has 2 heterocycles. The van der Waals surface area contributed by atoms with Gasteiger partial charge in [0, 0.05) is 31.1 Å². The molecule has 2 aliphatic carbocycles. The zero-order valence-electron chi connectivity index (χ0n) is 12.7. The number of rotatable bonds is 4. The molecule has 3 atom stereocenters. The summed E-state index contributed by atoms with van der Waals surface area (Å²) < 4.78 is 12.1. The summed E-state index contributed by atoms with van der Waals surface area (Å²) in [5.74, 6) is 0.797. The maximum atomic E-state index is 12.8. The van der Waals surface area contributed by atoms with Crippen LogP contribution in [0.2, 0.25) is 0 Å². The molecular formula is C17H22N2O3.